The van der Waals surface area contributed by atoms with Gasteiger partial charge in [0.25, 0.3) is 0 Å². The van der Waals surface area contributed by atoms with Crippen LogP contribution in [0, 0.1) is 11.6 Å². The van der Waals surface area contributed by atoms with Crippen molar-refractivity contribution < 1.29 is 22.0 Å². The van der Waals surface area contributed by atoms with Gasteiger partial charge in [0.2, 0.25) is 15.8 Å². The Bertz CT molecular complexity index is 1360. The van der Waals surface area contributed by atoms with E-state index in [1.165, 1.54) is 48.5 Å². The first-order valence-corrected chi connectivity index (χ1v) is 11.3. The van der Waals surface area contributed by atoms with Crippen LogP contribution in [0.4, 0.5) is 8.78 Å². The molecule has 4 aromatic rings. The Morgan fingerprint density at radius 1 is 0.806 bits per heavy atom. The summed E-state index contributed by atoms with van der Waals surface area (Å²) in [5, 5.41) is 5.32. The second kappa shape index (κ2) is 8.10. The second-order valence-corrected chi connectivity index (χ2v) is 9.17. The summed E-state index contributed by atoms with van der Waals surface area (Å²) in [5.74, 6) is -1.26. The lowest BCUT2D eigenvalue weighted by atomic mass is 10.1. The average molecular weight is 456 g/mol. The molecule has 0 aliphatic heterocycles. The summed E-state index contributed by atoms with van der Waals surface area (Å²) >= 11 is 1.10. The van der Waals surface area contributed by atoms with E-state index in [1.54, 1.807) is 24.3 Å². The van der Waals surface area contributed by atoms with Gasteiger partial charge in [0.1, 0.15) is 11.6 Å². The molecule has 156 valence electrons. The van der Waals surface area contributed by atoms with Crippen LogP contribution >= 0.6 is 11.3 Å². The van der Waals surface area contributed by atoms with E-state index in [2.05, 4.69) is 4.98 Å². The minimum absolute atomic E-state index is 0.0493. The third-order valence-corrected chi connectivity index (χ3v) is 6.52. The summed E-state index contributed by atoms with van der Waals surface area (Å²) in [6.45, 7) is 0. The SMILES string of the molecule is NS(=O)(=O)c1ccc(-c2sc(C(=O)c3ccc(F)cc3)nc2-c2ccc(F)cc2)cc1. The lowest BCUT2D eigenvalue weighted by Crippen LogP contribution is -2.11. The largest absolute Gasteiger partial charge is 0.286 e. The second-order valence-electron chi connectivity index (χ2n) is 6.61. The quantitative estimate of drug-likeness (QED) is 0.443. The molecule has 31 heavy (non-hydrogen) atoms. The highest BCUT2D eigenvalue weighted by Gasteiger charge is 2.21. The normalized spacial score (nSPS) is 11.5. The van der Waals surface area contributed by atoms with Crippen LogP contribution in [0.3, 0.4) is 0 Å². The predicted octanol–water partition coefficient (Wildman–Crippen LogP) is 4.63. The zero-order valence-electron chi connectivity index (χ0n) is 15.7. The van der Waals surface area contributed by atoms with Crippen molar-refractivity contribution in [2.24, 2.45) is 5.14 Å². The van der Waals surface area contributed by atoms with Gasteiger partial charge in [-0.1, -0.05) is 12.1 Å². The summed E-state index contributed by atoms with van der Waals surface area (Å²) in [7, 11) is -3.86. The van der Waals surface area contributed by atoms with E-state index >= 15 is 0 Å². The van der Waals surface area contributed by atoms with E-state index < -0.39 is 21.7 Å². The molecule has 5 nitrogen and oxygen atoms in total. The number of primary sulfonamides is 1. The number of halogens is 2. The molecule has 0 fully saturated rings. The fourth-order valence-corrected chi connectivity index (χ4v) is 4.51. The molecular weight excluding hydrogens is 442 g/mol. The molecular formula is C22H14F2N2O3S2. The standard InChI is InChI=1S/C22H14F2N2O3S2/c23-16-7-1-13(2-8-16)19-21(15-5-11-18(12-6-15)31(25,28)29)30-22(26-19)20(27)14-3-9-17(24)10-4-14/h1-12H,(H2,25,28,29). The van der Waals surface area contributed by atoms with Crippen LogP contribution in [0.15, 0.2) is 77.7 Å². The van der Waals surface area contributed by atoms with Gasteiger partial charge in [-0.25, -0.2) is 27.3 Å². The van der Waals surface area contributed by atoms with E-state index in [1.807, 2.05) is 0 Å². The van der Waals surface area contributed by atoms with Gasteiger partial charge in [-0.15, -0.1) is 11.3 Å². The number of nitrogens with zero attached hydrogens (tertiary/aromatic N) is 1. The number of rotatable bonds is 5. The molecule has 0 atom stereocenters. The molecule has 0 spiro atoms. The lowest BCUT2D eigenvalue weighted by molar-refractivity contribution is 0.103. The highest BCUT2D eigenvalue weighted by atomic mass is 32.2. The van der Waals surface area contributed by atoms with Crippen molar-refractivity contribution >= 4 is 27.1 Å². The molecule has 0 bridgehead atoms. The summed E-state index contributed by atoms with van der Waals surface area (Å²) in [6.07, 6.45) is 0. The number of thiazole rings is 1. The van der Waals surface area contributed by atoms with Crippen LogP contribution < -0.4 is 5.14 Å². The highest BCUT2D eigenvalue weighted by molar-refractivity contribution is 7.89. The number of aromatic nitrogens is 1. The molecule has 0 unspecified atom stereocenters. The van der Waals surface area contributed by atoms with E-state index in [4.69, 9.17) is 5.14 Å². The van der Waals surface area contributed by atoms with E-state index in [-0.39, 0.29) is 21.2 Å². The van der Waals surface area contributed by atoms with Crippen molar-refractivity contribution in [1.29, 1.82) is 0 Å². The number of benzene rings is 3. The van der Waals surface area contributed by atoms with Crippen molar-refractivity contribution in [3.8, 4) is 21.7 Å². The van der Waals surface area contributed by atoms with Crippen LogP contribution in [0.5, 0.6) is 0 Å². The van der Waals surface area contributed by atoms with Gasteiger partial charge < -0.3 is 0 Å². The Balaban J connectivity index is 1.83. The van der Waals surface area contributed by atoms with Gasteiger partial charge >= 0.3 is 0 Å². The molecule has 2 N–H and O–H groups in total. The van der Waals surface area contributed by atoms with Crippen LogP contribution in [-0.2, 0) is 10.0 Å². The Morgan fingerprint density at radius 3 is 1.87 bits per heavy atom. The molecule has 1 heterocycles. The van der Waals surface area contributed by atoms with Gasteiger partial charge in [-0.3, -0.25) is 4.79 Å². The molecule has 0 saturated heterocycles. The number of hydrogen-bond donors (Lipinski definition) is 1. The molecule has 1 aromatic heterocycles. The third kappa shape index (κ3) is 4.43. The minimum atomic E-state index is -3.86. The number of nitrogens with two attached hydrogens (primary N) is 1. The zero-order chi connectivity index (χ0) is 22.2. The fraction of sp³-hybridized carbons (Fsp3) is 0. The van der Waals surface area contributed by atoms with Crippen molar-refractivity contribution in [2.45, 2.75) is 4.90 Å². The molecule has 0 amide bonds. The Labute approximate surface area is 180 Å². The van der Waals surface area contributed by atoms with Crippen molar-refractivity contribution in [1.82, 2.24) is 4.98 Å². The number of ketones is 1. The maximum atomic E-state index is 13.4. The Morgan fingerprint density at radius 2 is 1.32 bits per heavy atom. The Hall–Kier alpha value is -3.27. The van der Waals surface area contributed by atoms with Crippen molar-refractivity contribution in [3.63, 3.8) is 0 Å². The number of hydrogen-bond acceptors (Lipinski definition) is 5. The van der Waals surface area contributed by atoms with E-state index in [0.29, 0.717) is 21.7 Å². The summed E-state index contributed by atoms with van der Waals surface area (Å²) in [6, 6.07) is 16.6. The van der Waals surface area contributed by atoms with Gasteiger partial charge in [0, 0.05) is 11.1 Å². The molecule has 0 saturated carbocycles. The molecule has 9 heteroatoms. The smallest absolute Gasteiger partial charge is 0.238 e. The van der Waals surface area contributed by atoms with Crippen molar-refractivity contribution in [3.05, 3.63) is 95.0 Å². The first-order chi connectivity index (χ1) is 14.7. The first-order valence-electron chi connectivity index (χ1n) is 8.92. The molecule has 0 radical (unpaired) electrons. The minimum Gasteiger partial charge on any atom is -0.286 e. The molecule has 4 rings (SSSR count). The third-order valence-electron chi connectivity index (χ3n) is 4.49. The number of carbonyl (C=O) groups is 1. The van der Waals surface area contributed by atoms with Gasteiger partial charge in [-0.2, -0.15) is 0 Å². The highest BCUT2D eigenvalue weighted by Crippen LogP contribution is 2.38. The maximum absolute atomic E-state index is 13.4. The topological polar surface area (TPSA) is 90.1 Å². The van der Waals surface area contributed by atoms with Crippen LogP contribution in [0.25, 0.3) is 21.7 Å². The van der Waals surface area contributed by atoms with Crippen LogP contribution in [-0.4, -0.2) is 19.2 Å². The van der Waals surface area contributed by atoms with Crippen LogP contribution in [0.2, 0.25) is 0 Å². The summed E-state index contributed by atoms with van der Waals surface area (Å²) in [5.41, 5.74) is 1.92. The first kappa shape index (κ1) is 21.0. The van der Waals surface area contributed by atoms with Gasteiger partial charge in [0.15, 0.2) is 5.01 Å². The summed E-state index contributed by atoms with van der Waals surface area (Å²) < 4.78 is 49.7. The average Bonchev–Trinajstić information content (AvgIpc) is 3.19. The predicted molar refractivity (Wildman–Crippen MR) is 114 cm³/mol. The zero-order valence-corrected chi connectivity index (χ0v) is 17.4. The van der Waals surface area contributed by atoms with Crippen LogP contribution in [0.1, 0.15) is 15.4 Å². The molecule has 3 aromatic carbocycles. The van der Waals surface area contributed by atoms with Gasteiger partial charge in [0.05, 0.1) is 15.5 Å². The Kier molecular flexibility index (Phi) is 5.48. The maximum Gasteiger partial charge on any atom is 0.238 e. The van der Waals surface area contributed by atoms with E-state index in [9.17, 15) is 22.0 Å². The lowest BCUT2D eigenvalue weighted by Gasteiger charge is -2.04. The van der Waals surface area contributed by atoms with Gasteiger partial charge in [-0.05, 0) is 66.2 Å². The number of sulfonamides is 1. The summed E-state index contributed by atoms with van der Waals surface area (Å²) in [4.78, 5) is 17.9. The van der Waals surface area contributed by atoms with Crippen molar-refractivity contribution in [2.75, 3.05) is 0 Å². The monoisotopic (exact) mass is 456 g/mol. The molecule has 0 aliphatic rings. The fourth-order valence-electron chi connectivity index (χ4n) is 2.94. The number of carbonyl (C=O) groups excluding carboxylic acids is 1. The van der Waals surface area contributed by atoms with E-state index in [0.717, 1.165) is 11.3 Å². The molecule has 0 aliphatic carbocycles.